The summed E-state index contributed by atoms with van der Waals surface area (Å²) in [7, 11) is 0. The first-order chi connectivity index (χ1) is 12.9. The summed E-state index contributed by atoms with van der Waals surface area (Å²) in [6.07, 6.45) is 0.805. The van der Waals surface area contributed by atoms with Crippen LogP contribution in [0.1, 0.15) is 48.4 Å². The van der Waals surface area contributed by atoms with Gasteiger partial charge in [0.1, 0.15) is 0 Å². The Bertz CT molecular complexity index is 860. The standard InChI is InChI=1S/C21H21ClN2O3/c1-14-5-7-15(8-6-14)18-13-19(16-9-11-17(22)12-10-16)24(23-18)20(25)3-2-4-21(26)27/h5-12,19H,2-4,13H2,1H3,(H,26,27)/p-1/t19-/m1/s1. The average Bonchev–Trinajstić information content (AvgIpc) is 3.08. The third-order valence-electron chi connectivity index (χ3n) is 4.58. The van der Waals surface area contributed by atoms with E-state index < -0.39 is 5.97 Å². The summed E-state index contributed by atoms with van der Waals surface area (Å²) in [5, 5.41) is 17.3. The van der Waals surface area contributed by atoms with E-state index in [-0.39, 0.29) is 31.2 Å². The molecule has 1 aliphatic rings. The SMILES string of the molecule is Cc1ccc(C2=NN(C(=O)CCCC(=O)[O-])[C@@H](c3ccc(Cl)cc3)C2)cc1. The topological polar surface area (TPSA) is 72.8 Å². The number of carbonyl (C=O) groups excluding carboxylic acids is 2. The number of aliphatic carboxylic acids is 1. The molecule has 0 saturated heterocycles. The van der Waals surface area contributed by atoms with Gasteiger partial charge in [0.15, 0.2) is 0 Å². The van der Waals surface area contributed by atoms with Crippen LogP contribution in [-0.4, -0.2) is 22.6 Å². The molecule has 140 valence electrons. The lowest BCUT2D eigenvalue weighted by Crippen LogP contribution is -2.28. The van der Waals surface area contributed by atoms with Crippen LogP contribution in [0.3, 0.4) is 0 Å². The van der Waals surface area contributed by atoms with Gasteiger partial charge in [-0.25, -0.2) is 5.01 Å². The summed E-state index contributed by atoms with van der Waals surface area (Å²) in [5.41, 5.74) is 3.91. The fourth-order valence-electron chi connectivity index (χ4n) is 3.10. The minimum absolute atomic E-state index is 0.114. The molecule has 1 heterocycles. The number of halogens is 1. The van der Waals surface area contributed by atoms with Crippen LogP contribution in [0.2, 0.25) is 5.02 Å². The van der Waals surface area contributed by atoms with Crippen molar-refractivity contribution in [2.24, 2.45) is 5.10 Å². The van der Waals surface area contributed by atoms with Crippen LogP contribution in [0.15, 0.2) is 53.6 Å². The zero-order chi connectivity index (χ0) is 19.4. The van der Waals surface area contributed by atoms with E-state index in [9.17, 15) is 14.7 Å². The van der Waals surface area contributed by atoms with Gasteiger partial charge in [0.2, 0.25) is 5.91 Å². The molecule has 0 N–H and O–H groups in total. The van der Waals surface area contributed by atoms with Crippen LogP contribution in [0, 0.1) is 6.92 Å². The molecule has 1 atom stereocenters. The summed E-state index contributed by atoms with van der Waals surface area (Å²) in [4.78, 5) is 23.3. The number of aryl methyl sites for hydroxylation is 1. The van der Waals surface area contributed by atoms with Gasteiger partial charge in [0.25, 0.3) is 0 Å². The third-order valence-corrected chi connectivity index (χ3v) is 4.83. The van der Waals surface area contributed by atoms with Gasteiger partial charge in [-0.2, -0.15) is 5.10 Å². The Balaban J connectivity index is 1.85. The summed E-state index contributed by atoms with van der Waals surface area (Å²) >= 11 is 5.98. The Hall–Kier alpha value is -2.66. The zero-order valence-corrected chi connectivity index (χ0v) is 15.8. The molecule has 27 heavy (non-hydrogen) atoms. The minimum atomic E-state index is -1.15. The molecular weight excluding hydrogens is 364 g/mol. The number of carboxylic acids is 1. The maximum Gasteiger partial charge on any atom is 0.243 e. The van der Waals surface area contributed by atoms with E-state index in [1.807, 2.05) is 43.3 Å². The highest BCUT2D eigenvalue weighted by Crippen LogP contribution is 2.34. The molecule has 0 bridgehead atoms. The predicted molar refractivity (Wildman–Crippen MR) is 102 cm³/mol. The molecule has 0 radical (unpaired) electrons. The highest BCUT2D eigenvalue weighted by atomic mass is 35.5. The lowest BCUT2D eigenvalue weighted by molar-refractivity contribution is -0.305. The molecule has 0 aromatic heterocycles. The second-order valence-corrected chi connectivity index (χ2v) is 7.08. The van der Waals surface area contributed by atoms with Crippen molar-refractivity contribution in [2.75, 3.05) is 0 Å². The van der Waals surface area contributed by atoms with Crippen molar-refractivity contribution >= 4 is 29.2 Å². The summed E-state index contributed by atoms with van der Waals surface area (Å²) in [5.74, 6) is -1.35. The lowest BCUT2D eigenvalue weighted by Gasteiger charge is -2.22. The van der Waals surface area contributed by atoms with Crippen molar-refractivity contribution in [1.82, 2.24) is 5.01 Å². The van der Waals surface area contributed by atoms with Crippen molar-refractivity contribution in [3.63, 3.8) is 0 Å². The molecule has 6 heteroatoms. The van der Waals surface area contributed by atoms with Crippen LogP contribution < -0.4 is 5.11 Å². The maximum absolute atomic E-state index is 12.7. The van der Waals surface area contributed by atoms with Crippen molar-refractivity contribution in [2.45, 2.75) is 38.6 Å². The molecular formula is C21H20ClN2O3-. The van der Waals surface area contributed by atoms with Crippen LogP contribution in [0.5, 0.6) is 0 Å². The Morgan fingerprint density at radius 3 is 2.41 bits per heavy atom. The smallest absolute Gasteiger partial charge is 0.243 e. The van der Waals surface area contributed by atoms with E-state index in [1.165, 1.54) is 5.01 Å². The number of hydrogen-bond acceptors (Lipinski definition) is 4. The van der Waals surface area contributed by atoms with Crippen molar-refractivity contribution in [1.29, 1.82) is 0 Å². The van der Waals surface area contributed by atoms with Crippen LogP contribution >= 0.6 is 11.6 Å². The summed E-state index contributed by atoms with van der Waals surface area (Å²) < 4.78 is 0. The normalized spacial score (nSPS) is 16.3. The predicted octanol–water partition coefficient (Wildman–Crippen LogP) is 3.25. The Kier molecular flexibility index (Phi) is 5.91. The number of carbonyl (C=O) groups is 2. The van der Waals surface area contributed by atoms with Crippen molar-refractivity contribution < 1.29 is 14.7 Å². The van der Waals surface area contributed by atoms with Gasteiger partial charge in [-0.3, -0.25) is 4.79 Å². The highest BCUT2D eigenvalue weighted by molar-refractivity contribution is 6.30. The molecule has 0 aliphatic carbocycles. The first-order valence-electron chi connectivity index (χ1n) is 8.86. The molecule has 5 nitrogen and oxygen atoms in total. The molecule has 0 saturated carbocycles. The zero-order valence-electron chi connectivity index (χ0n) is 15.0. The first-order valence-corrected chi connectivity index (χ1v) is 9.24. The van der Waals surface area contributed by atoms with Crippen molar-refractivity contribution in [3.8, 4) is 0 Å². The van der Waals surface area contributed by atoms with Gasteiger partial charge in [-0.15, -0.1) is 0 Å². The van der Waals surface area contributed by atoms with E-state index in [2.05, 4.69) is 5.10 Å². The molecule has 0 spiro atoms. The van der Waals surface area contributed by atoms with Crippen LogP contribution in [0.4, 0.5) is 0 Å². The quantitative estimate of drug-likeness (QED) is 0.768. The summed E-state index contributed by atoms with van der Waals surface area (Å²) in [6.45, 7) is 2.02. The van der Waals surface area contributed by atoms with E-state index in [1.54, 1.807) is 12.1 Å². The van der Waals surface area contributed by atoms with Gasteiger partial charge in [0.05, 0.1) is 11.8 Å². The number of hydrogen-bond donors (Lipinski definition) is 0. The summed E-state index contributed by atoms with van der Waals surface area (Å²) in [6, 6.07) is 15.2. The molecule has 2 aromatic rings. The van der Waals surface area contributed by atoms with Gasteiger partial charge in [-0.05, 0) is 43.0 Å². The van der Waals surface area contributed by atoms with Gasteiger partial charge in [-0.1, -0.05) is 53.6 Å². The number of nitrogens with zero attached hydrogens (tertiary/aromatic N) is 2. The van der Waals surface area contributed by atoms with Gasteiger partial charge in [0, 0.05) is 23.8 Å². The molecule has 1 amide bonds. The van der Waals surface area contributed by atoms with Gasteiger partial charge >= 0.3 is 0 Å². The van der Waals surface area contributed by atoms with Crippen LogP contribution in [-0.2, 0) is 9.59 Å². The monoisotopic (exact) mass is 383 g/mol. The van der Waals surface area contributed by atoms with Gasteiger partial charge < -0.3 is 9.90 Å². The fraction of sp³-hybridized carbons (Fsp3) is 0.286. The number of amides is 1. The van der Waals surface area contributed by atoms with E-state index >= 15 is 0 Å². The fourth-order valence-corrected chi connectivity index (χ4v) is 3.23. The maximum atomic E-state index is 12.7. The Morgan fingerprint density at radius 2 is 1.78 bits per heavy atom. The van der Waals surface area contributed by atoms with Crippen molar-refractivity contribution in [3.05, 3.63) is 70.2 Å². The second kappa shape index (κ2) is 8.35. The van der Waals surface area contributed by atoms with E-state index in [0.717, 1.165) is 22.4 Å². The van der Waals surface area contributed by atoms with Crippen LogP contribution in [0.25, 0.3) is 0 Å². The lowest BCUT2D eigenvalue weighted by atomic mass is 9.98. The second-order valence-electron chi connectivity index (χ2n) is 6.65. The minimum Gasteiger partial charge on any atom is -0.550 e. The molecule has 0 unspecified atom stereocenters. The average molecular weight is 384 g/mol. The molecule has 1 aliphatic heterocycles. The van der Waals surface area contributed by atoms with E-state index in [0.29, 0.717) is 11.4 Å². The van der Waals surface area contributed by atoms with E-state index in [4.69, 9.17) is 11.6 Å². The largest absolute Gasteiger partial charge is 0.550 e. The first kappa shape index (κ1) is 19.1. The third kappa shape index (κ3) is 4.74. The molecule has 0 fully saturated rings. The number of benzene rings is 2. The highest BCUT2D eigenvalue weighted by Gasteiger charge is 2.32. The number of rotatable bonds is 6. The Morgan fingerprint density at radius 1 is 1.11 bits per heavy atom. The number of carboxylic acid groups (broad SMARTS) is 1. The Labute approximate surface area is 163 Å². The molecule has 3 rings (SSSR count). The number of hydrazone groups is 1. The molecule has 2 aromatic carbocycles.